The second kappa shape index (κ2) is 27.2. The second-order valence-corrected chi connectivity index (χ2v) is 12.5. The zero-order valence-electron chi connectivity index (χ0n) is 35.3. The molecular weight excluding hydrogens is 701 g/mol. The van der Waals surface area contributed by atoms with Crippen LogP contribution >= 0.6 is 0 Å². The average Bonchev–Trinajstić information content (AvgIpc) is 3.13. The minimum absolute atomic E-state index is 0.775. The van der Waals surface area contributed by atoms with Crippen molar-refractivity contribution in [2.75, 3.05) is 0 Å². The molecule has 0 aliphatic heterocycles. The Morgan fingerprint density at radius 3 is 0.964 bits per heavy atom. The van der Waals surface area contributed by atoms with Gasteiger partial charge in [0.25, 0.3) is 0 Å². The lowest BCUT2D eigenvalue weighted by Crippen LogP contribution is -1.91. The number of aryl methyl sites for hydroxylation is 14. The molecule has 294 valence electrons. The molecule has 7 heterocycles. The monoisotopic (exact) mass is 756 g/mol. The molecule has 0 spiro atoms. The number of aromatic nitrogens is 14. The van der Waals surface area contributed by atoms with Crippen molar-refractivity contribution in [2.24, 2.45) is 0 Å². The van der Waals surface area contributed by atoms with Gasteiger partial charge in [0, 0.05) is 72.9 Å². The molecule has 0 fully saturated rings. The van der Waals surface area contributed by atoms with E-state index in [0.29, 0.717) is 0 Å². The molecule has 7 rings (SSSR count). The molecule has 7 aromatic rings. The summed E-state index contributed by atoms with van der Waals surface area (Å²) < 4.78 is 0. The van der Waals surface area contributed by atoms with Crippen LogP contribution in [0.4, 0.5) is 0 Å². The van der Waals surface area contributed by atoms with Crippen LogP contribution in [-0.4, -0.2) is 69.8 Å². The van der Waals surface area contributed by atoms with Crippen molar-refractivity contribution in [3.63, 3.8) is 0 Å². The number of hydrogen-bond acceptors (Lipinski definition) is 14. The van der Waals surface area contributed by atoms with E-state index >= 15 is 0 Å². The molecule has 0 saturated heterocycles. The number of nitrogens with zero attached hydrogens (tertiary/aromatic N) is 14. The molecule has 0 aromatic carbocycles. The highest BCUT2D eigenvalue weighted by Gasteiger charge is 1.87. The van der Waals surface area contributed by atoms with Gasteiger partial charge in [0.15, 0.2) is 0 Å². The quantitative estimate of drug-likeness (QED) is 0.147. The fourth-order valence-corrected chi connectivity index (χ4v) is 3.68. The van der Waals surface area contributed by atoms with Gasteiger partial charge in [-0.1, -0.05) is 6.07 Å². The summed E-state index contributed by atoms with van der Waals surface area (Å²) in [4.78, 5) is 55.6. The second-order valence-electron chi connectivity index (χ2n) is 12.5. The van der Waals surface area contributed by atoms with E-state index in [1.54, 1.807) is 37.2 Å². The van der Waals surface area contributed by atoms with Gasteiger partial charge in [0.2, 0.25) is 0 Å². The molecule has 56 heavy (non-hydrogen) atoms. The lowest BCUT2D eigenvalue weighted by molar-refractivity contribution is 0.920. The SMILES string of the molecule is Cc1ccc(C)nc1.Cc1ccnc(C)n1.Cc1ccnc(C)n1.Cc1cnc(C)cn1.Cc1cnc(C)nc1.Cc1cncc(C)n1.Cc1ncnc(C)n1. The molecule has 0 aliphatic carbocycles. The number of hydrogen-bond donors (Lipinski definition) is 0. The van der Waals surface area contributed by atoms with Gasteiger partial charge in [0.05, 0.1) is 22.8 Å². The third kappa shape index (κ3) is 25.5. The van der Waals surface area contributed by atoms with E-state index in [-0.39, 0.29) is 0 Å². The van der Waals surface area contributed by atoms with Crippen LogP contribution < -0.4 is 0 Å². The summed E-state index contributed by atoms with van der Waals surface area (Å²) in [5.41, 5.74) is 9.35. The fourth-order valence-electron chi connectivity index (χ4n) is 3.68. The zero-order chi connectivity index (χ0) is 41.9. The van der Waals surface area contributed by atoms with Gasteiger partial charge in [-0.25, -0.2) is 44.9 Å². The summed E-state index contributed by atoms with van der Waals surface area (Å²) in [7, 11) is 0. The van der Waals surface area contributed by atoms with E-state index in [2.05, 4.69) is 75.8 Å². The maximum Gasteiger partial charge on any atom is 0.129 e. The van der Waals surface area contributed by atoms with Crippen LogP contribution in [0.5, 0.6) is 0 Å². The molecule has 14 heteroatoms. The Morgan fingerprint density at radius 1 is 0.268 bits per heavy atom. The molecule has 0 aliphatic rings. The van der Waals surface area contributed by atoms with Gasteiger partial charge >= 0.3 is 0 Å². The molecule has 0 atom stereocenters. The van der Waals surface area contributed by atoms with Crippen molar-refractivity contribution >= 4 is 0 Å². The highest BCUT2D eigenvalue weighted by Crippen LogP contribution is 1.95. The maximum absolute atomic E-state index is 4.11. The Hall–Kier alpha value is -6.44. The lowest BCUT2D eigenvalue weighted by Gasteiger charge is -1.89. The van der Waals surface area contributed by atoms with Crippen LogP contribution in [0.15, 0.2) is 86.4 Å². The predicted molar refractivity (Wildman–Crippen MR) is 221 cm³/mol. The smallest absolute Gasteiger partial charge is 0.129 e. The average molecular weight is 757 g/mol. The van der Waals surface area contributed by atoms with Crippen LogP contribution in [0.25, 0.3) is 0 Å². The first-order valence-corrected chi connectivity index (χ1v) is 17.8. The zero-order valence-corrected chi connectivity index (χ0v) is 35.3. The van der Waals surface area contributed by atoms with Crippen molar-refractivity contribution < 1.29 is 0 Å². The van der Waals surface area contributed by atoms with E-state index in [0.717, 1.165) is 74.5 Å². The molecular formula is C42H56N14. The minimum atomic E-state index is 0.775. The van der Waals surface area contributed by atoms with Gasteiger partial charge in [-0.15, -0.1) is 0 Å². The first-order chi connectivity index (χ1) is 26.5. The van der Waals surface area contributed by atoms with E-state index in [1.807, 2.05) is 134 Å². The van der Waals surface area contributed by atoms with Crippen LogP contribution in [0.3, 0.4) is 0 Å². The molecule has 0 amide bonds. The van der Waals surface area contributed by atoms with E-state index in [4.69, 9.17) is 0 Å². The summed E-state index contributed by atoms with van der Waals surface area (Å²) >= 11 is 0. The summed E-state index contributed by atoms with van der Waals surface area (Å²) in [6, 6.07) is 7.83. The van der Waals surface area contributed by atoms with E-state index in [9.17, 15) is 0 Å². The minimum Gasteiger partial charge on any atom is -0.261 e. The van der Waals surface area contributed by atoms with E-state index in [1.165, 1.54) is 11.9 Å². The fraction of sp³-hybridized carbons (Fsp3) is 0.333. The third-order valence-corrected chi connectivity index (χ3v) is 6.40. The van der Waals surface area contributed by atoms with Gasteiger partial charge in [-0.3, -0.25) is 24.9 Å². The maximum atomic E-state index is 4.11. The largest absolute Gasteiger partial charge is 0.261 e. The van der Waals surface area contributed by atoms with Crippen molar-refractivity contribution in [3.8, 4) is 0 Å². The Kier molecular flexibility index (Phi) is 23.1. The van der Waals surface area contributed by atoms with Gasteiger partial charge in [-0.2, -0.15) is 0 Å². The molecule has 14 nitrogen and oxygen atoms in total. The van der Waals surface area contributed by atoms with Crippen LogP contribution in [0.2, 0.25) is 0 Å². The Balaban J connectivity index is 0.000000327. The molecule has 0 saturated carbocycles. The van der Waals surface area contributed by atoms with E-state index < -0.39 is 0 Å². The standard InChI is InChI=1S/C7H9N.5C6H8N2.C5H7N3/c1-6-3-4-7(2)8-5-6;1-5-3-8-6(2)4-7-5;1-5-3-7-4-6(2)8-5;1-5-3-7-6(2)8-4-5;2*1-5-3-4-7-6(2)8-5;1-4-6-3-7-5(2)8-4/h3-5H,1-2H3;5*3-4H,1-2H3;3H,1-2H3. The van der Waals surface area contributed by atoms with Crippen LogP contribution in [0.1, 0.15) is 80.1 Å². The Bertz CT molecular complexity index is 1680. The highest BCUT2D eigenvalue weighted by molar-refractivity contribution is 5.10. The van der Waals surface area contributed by atoms with Gasteiger partial charge in [-0.05, 0) is 126 Å². The summed E-state index contributed by atoms with van der Waals surface area (Å²) in [5.74, 6) is 4.06. The predicted octanol–water partition coefficient (Wildman–Crippen LogP) is 7.65. The van der Waals surface area contributed by atoms with Crippen molar-refractivity contribution in [3.05, 3.63) is 166 Å². The summed E-state index contributed by atoms with van der Waals surface area (Å²) in [6.45, 7) is 26.9. The molecule has 7 aromatic heterocycles. The third-order valence-electron chi connectivity index (χ3n) is 6.40. The first-order valence-electron chi connectivity index (χ1n) is 17.8. The molecule has 0 bridgehead atoms. The highest BCUT2D eigenvalue weighted by atomic mass is 15.0. The van der Waals surface area contributed by atoms with Crippen molar-refractivity contribution in [1.29, 1.82) is 0 Å². The molecule has 0 radical (unpaired) electrons. The van der Waals surface area contributed by atoms with Crippen LogP contribution in [-0.2, 0) is 0 Å². The van der Waals surface area contributed by atoms with Gasteiger partial charge < -0.3 is 0 Å². The number of pyridine rings is 1. The summed E-state index contributed by atoms with van der Waals surface area (Å²) in [5, 5.41) is 0. The lowest BCUT2D eigenvalue weighted by atomic mass is 10.3. The normalized spacial score (nSPS) is 9.25. The van der Waals surface area contributed by atoms with Gasteiger partial charge in [0.1, 0.15) is 35.4 Å². The molecule has 0 N–H and O–H groups in total. The van der Waals surface area contributed by atoms with Crippen molar-refractivity contribution in [2.45, 2.75) is 96.9 Å². The van der Waals surface area contributed by atoms with Crippen molar-refractivity contribution in [1.82, 2.24) is 69.8 Å². The number of rotatable bonds is 0. The Morgan fingerprint density at radius 2 is 0.696 bits per heavy atom. The topological polar surface area (TPSA) is 180 Å². The Labute approximate surface area is 332 Å². The van der Waals surface area contributed by atoms with Crippen LogP contribution in [0, 0.1) is 96.9 Å². The first kappa shape index (κ1) is 47.6. The molecule has 0 unspecified atom stereocenters. The summed E-state index contributed by atoms with van der Waals surface area (Å²) in [6.07, 6.45) is 17.5.